The van der Waals surface area contributed by atoms with E-state index in [4.69, 9.17) is 27.9 Å². The van der Waals surface area contributed by atoms with Crippen LogP contribution in [0.4, 0.5) is 0 Å². The first-order valence-corrected chi connectivity index (χ1v) is 9.18. The molecule has 0 N–H and O–H groups in total. The molecule has 134 valence electrons. The van der Waals surface area contributed by atoms with E-state index in [1.807, 2.05) is 25.1 Å². The molecule has 0 bridgehead atoms. The van der Waals surface area contributed by atoms with Crippen molar-refractivity contribution in [2.24, 2.45) is 4.99 Å². The summed E-state index contributed by atoms with van der Waals surface area (Å²) in [6.07, 6.45) is 0. The molecular formula is C18H14Cl2N2O3S. The van der Waals surface area contributed by atoms with Gasteiger partial charge in [0.15, 0.2) is 4.80 Å². The van der Waals surface area contributed by atoms with Gasteiger partial charge in [-0.2, -0.15) is 4.99 Å². The number of esters is 1. The number of nitrogens with zero attached hydrogens (tertiary/aromatic N) is 2. The van der Waals surface area contributed by atoms with Crippen molar-refractivity contribution >= 4 is 56.6 Å². The van der Waals surface area contributed by atoms with Crippen molar-refractivity contribution in [1.29, 1.82) is 0 Å². The zero-order chi connectivity index (χ0) is 18.8. The minimum Gasteiger partial charge on any atom is -0.468 e. The van der Waals surface area contributed by atoms with E-state index in [9.17, 15) is 9.59 Å². The van der Waals surface area contributed by atoms with Crippen LogP contribution in [0.3, 0.4) is 0 Å². The maximum absolute atomic E-state index is 12.6. The third kappa shape index (κ3) is 3.67. The molecule has 0 unspecified atom stereocenters. The summed E-state index contributed by atoms with van der Waals surface area (Å²) >= 11 is 13.3. The van der Waals surface area contributed by atoms with Gasteiger partial charge in [-0.25, -0.2) is 0 Å². The fourth-order valence-electron chi connectivity index (χ4n) is 2.54. The Hall–Kier alpha value is -2.15. The molecule has 0 aliphatic rings. The van der Waals surface area contributed by atoms with E-state index < -0.39 is 11.9 Å². The molecule has 3 rings (SSSR count). The molecule has 8 heteroatoms. The second kappa shape index (κ2) is 7.61. The monoisotopic (exact) mass is 408 g/mol. The average Bonchev–Trinajstić information content (AvgIpc) is 2.93. The van der Waals surface area contributed by atoms with Gasteiger partial charge in [-0.3, -0.25) is 9.59 Å². The van der Waals surface area contributed by atoms with Crippen molar-refractivity contribution in [3.63, 3.8) is 0 Å². The number of ether oxygens (including phenoxy) is 1. The Labute approximate surface area is 163 Å². The van der Waals surface area contributed by atoms with Gasteiger partial charge in [-0.1, -0.05) is 46.7 Å². The molecule has 0 aliphatic heterocycles. The summed E-state index contributed by atoms with van der Waals surface area (Å²) in [5, 5.41) is 0.660. The molecule has 0 radical (unpaired) electrons. The SMILES string of the molecule is COC(=O)Cn1c(=NC(=O)c2ccc(Cl)cc2Cl)sc2cccc(C)c21. The molecule has 0 atom stereocenters. The minimum absolute atomic E-state index is 0.0399. The van der Waals surface area contributed by atoms with Gasteiger partial charge in [-0.15, -0.1) is 0 Å². The lowest BCUT2D eigenvalue weighted by Crippen LogP contribution is -2.22. The normalized spacial score (nSPS) is 11.8. The molecule has 1 amide bonds. The maximum atomic E-state index is 12.6. The van der Waals surface area contributed by atoms with Crippen LogP contribution in [-0.2, 0) is 16.1 Å². The molecule has 0 saturated heterocycles. The van der Waals surface area contributed by atoms with E-state index in [-0.39, 0.29) is 17.1 Å². The van der Waals surface area contributed by atoms with Crippen molar-refractivity contribution in [1.82, 2.24) is 4.57 Å². The summed E-state index contributed by atoms with van der Waals surface area (Å²) < 4.78 is 7.37. The van der Waals surface area contributed by atoms with Crippen molar-refractivity contribution in [2.75, 3.05) is 7.11 Å². The molecule has 0 spiro atoms. The lowest BCUT2D eigenvalue weighted by Gasteiger charge is -2.06. The van der Waals surface area contributed by atoms with E-state index in [2.05, 4.69) is 4.99 Å². The number of amides is 1. The summed E-state index contributed by atoms with van der Waals surface area (Å²) in [7, 11) is 1.32. The Balaban J connectivity index is 2.18. The first-order chi connectivity index (χ1) is 12.4. The number of para-hydroxylation sites is 1. The lowest BCUT2D eigenvalue weighted by molar-refractivity contribution is -0.141. The summed E-state index contributed by atoms with van der Waals surface area (Å²) in [6, 6.07) is 10.4. The minimum atomic E-state index is -0.505. The van der Waals surface area contributed by atoms with Crippen molar-refractivity contribution in [3.05, 3.63) is 62.4 Å². The highest BCUT2D eigenvalue weighted by atomic mass is 35.5. The Kier molecular flexibility index (Phi) is 5.46. The van der Waals surface area contributed by atoms with Crippen LogP contribution >= 0.6 is 34.5 Å². The average molecular weight is 409 g/mol. The van der Waals surface area contributed by atoms with Crippen LogP contribution in [-0.4, -0.2) is 23.6 Å². The van der Waals surface area contributed by atoms with Crippen molar-refractivity contribution in [2.45, 2.75) is 13.5 Å². The molecule has 2 aromatic carbocycles. The number of aromatic nitrogens is 1. The van der Waals surface area contributed by atoms with Crippen molar-refractivity contribution < 1.29 is 14.3 Å². The number of benzene rings is 2. The lowest BCUT2D eigenvalue weighted by atomic mass is 10.2. The highest BCUT2D eigenvalue weighted by Gasteiger charge is 2.15. The highest BCUT2D eigenvalue weighted by Crippen LogP contribution is 2.23. The van der Waals surface area contributed by atoms with Gasteiger partial charge in [0, 0.05) is 5.02 Å². The summed E-state index contributed by atoms with van der Waals surface area (Å²) in [5.74, 6) is -0.930. The number of thiazole rings is 1. The topological polar surface area (TPSA) is 60.7 Å². The number of carbonyl (C=O) groups excluding carboxylic acids is 2. The molecule has 1 heterocycles. The Bertz CT molecular complexity index is 1090. The van der Waals surface area contributed by atoms with Crippen LogP contribution in [0.1, 0.15) is 15.9 Å². The van der Waals surface area contributed by atoms with E-state index >= 15 is 0 Å². The predicted octanol–water partition coefficient (Wildman–Crippen LogP) is 4.23. The van der Waals surface area contributed by atoms with Crippen LogP contribution in [0, 0.1) is 6.92 Å². The highest BCUT2D eigenvalue weighted by molar-refractivity contribution is 7.16. The fraction of sp³-hybridized carbons (Fsp3) is 0.167. The predicted molar refractivity (Wildman–Crippen MR) is 103 cm³/mol. The van der Waals surface area contributed by atoms with Gasteiger partial charge in [0.25, 0.3) is 5.91 Å². The van der Waals surface area contributed by atoms with Crippen molar-refractivity contribution in [3.8, 4) is 0 Å². The van der Waals surface area contributed by atoms with Gasteiger partial charge in [0.2, 0.25) is 0 Å². The van der Waals surface area contributed by atoms with Crippen LogP contribution in [0.15, 0.2) is 41.4 Å². The Morgan fingerprint density at radius 1 is 1.23 bits per heavy atom. The number of methoxy groups -OCH3 is 1. The third-order valence-electron chi connectivity index (χ3n) is 3.78. The zero-order valence-electron chi connectivity index (χ0n) is 14.0. The summed E-state index contributed by atoms with van der Waals surface area (Å²) in [6.45, 7) is 1.90. The van der Waals surface area contributed by atoms with Crippen LogP contribution < -0.4 is 4.80 Å². The quantitative estimate of drug-likeness (QED) is 0.609. The fourth-order valence-corrected chi connectivity index (χ4v) is 4.14. The number of halogens is 2. The zero-order valence-corrected chi connectivity index (χ0v) is 16.3. The number of hydrogen-bond donors (Lipinski definition) is 0. The van der Waals surface area contributed by atoms with Crippen LogP contribution in [0.2, 0.25) is 10.0 Å². The standard InChI is InChI=1S/C18H14Cl2N2O3S/c1-10-4-3-5-14-16(10)22(9-15(23)25-2)18(26-14)21-17(24)12-7-6-11(19)8-13(12)20/h3-8H,9H2,1-2H3. The number of carbonyl (C=O) groups is 2. The van der Waals surface area contributed by atoms with Gasteiger partial charge in [0.1, 0.15) is 6.54 Å². The van der Waals surface area contributed by atoms with E-state index in [1.165, 1.54) is 30.6 Å². The molecule has 26 heavy (non-hydrogen) atoms. The smallest absolute Gasteiger partial charge is 0.325 e. The Morgan fingerprint density at radius 3 is 2.69 bits per heavy atom. The third-order valence-corrected chi connectivity index (χ3v) is 5.37. The van der Waals surface area contributed by atoms with Gasteiger partial charge in [-0.05, 0) is 36.8 Å². The summed E-state index contributed by atoms with van der Waals surface area (Å²) in [5.41, 5.74) is 2.06. The van der Waals surface area contributed by atoms with Gasteiger partial charge < -0.3 is 9.30 Å². The van der Waals surface area contributed by atoms with E-state index in [1.54, 1.807) is 10.6 Å². The van der Waals surface area contributed by atoms with Crippen LogP contribution in [0.5, 0.6) is 0 Å². The second-order valence-corrected chi connectivity index (χ2v) is 7.36. The maximum Gasteiger partial charge on any atom is 0.325 e. The number of aryl methyl sites for hydroxylation is 1. The van der Waals surface area contributed by atoms with E-state index in [0.29, 0.717) is 9.82 Å². The second-order valence-electron chi connectivity index (χ2n) is 5.51. The molecule has 0 aliphatic carbocycles. The number of fused-ring (bicyclic) bond motifs is 1. The van der Waals surface area contributed by atoms with Gasteiger partial charge >= 0.3 is 5.97 Å². The molecule has 1 aromatic heterocycles. The summed E-state index contributed by atoms with van der Waals surface area (Å²) in [4.78, 5) is 29.0. The Morgan fingerprint density at radius 2 is 2.00 bits per heavy atom. The van der Waals surface area contributed by atoms with Crippen LogP contribution in [0.25, 0.3) is 10.2 Å². The van der Waals surface area contributed by atoms with Gasteiger partial charge in [0.05, 0.1) is 27.9 Å². The largest absolute Gasteiger partial charge is 0.468 e. The first kappa shape index (κ1) is 18.6. The molecular weight excluding hydrogens is 395 g/mol. The number of hydrogen-bond acceptors (Lipinski definition) is 4. The number of rotatable bonds is 3. The van der Waals surface area contributed by atoms with E-state index in [0.717, 1.165) is 15.8 Å². The molecule has 0 saturated carbocycles. The first-order valence-electron chi connectivity index (χ1n) is 7.60. The molecule has 3 aromatic rings. The molecule has 0 fully saturated rings. The molecule has 5 nitrogen and oxygen atoms in total.